The van der Waals surface area contributed by atoms with E-state index in [1.54, 1.807) is 12.1 Å². The standard InChI is InChI=1S/C22H22ClNO3/c23-17-10-8-16(9-11-17)22(12-13-22)21(26)27-14-20(25)24-19-7-3-5-15-4-1-2-6-18(15)19/h1-2,4,6,8-11,19H,3,5,7,12-14H2,(H,24,25)/t19-/m0/s1. The van der Waals surface area contributed by atoms with Crippen molar-refractivity contribution in [1.29, 1.82) is 0 Å². The first-order valence-electron chi connectivity index (χ1n) is 9.39. The fourth-order valence-electron chi connectivity index (χ4n) is 3.91. The zero-order valence-corrected chi connectivity index (χ0v) is 15.8. The molecule has 4 nitrogen and oxygen atoms in total. The van der Waals surface area contributed by atoms with E-state index in [2.05, 4.69) is 17.4 Å². The summed E-state index contributed by atoms with van der Waals surface area (Å²) in [6.07, 6.45) is 4.48. The number of fused-ring (bicyclic) bond motifs is 1. The smallest absolute Gasteiger partial charge is 0.317 e. The Bertz CT molecular complexity index is 858. The number of hydrogen-bond acceptors (Lipinski definition) is 3. The summed E-state index contributed by atoms with van der Waals surface area (Å²) < 4.78 is 5.36. The summed E-state index contributed by atoms with van der Waals surface area (Å²) in [4.78, 5) is 24.9. The number of carbonyl (C=O) groups excluding carboxylic acids is 2. The molecule has 1 fully saturated rings. The number of ether oxygens (including phenoxy) is 1. The van der Waals surface area contributed by atoms with Crippen molar-refractivity contribution in [3.05, 3.63) is 70.2 Å². The van der Waals surface area contributed by atoms with Crippen molar-refractivity contribution in [2.45, 2.75) is 43.6 Å². The Morgan fingerprint density at radius 2 is 1.85 bits per heavy atom. The summed E-state index contributed by atoms with van der Waals surface area (Å²) in [5, 5.41) is 3.65. The minimum Gasteiger partial charge on any atom is -0.455 e. The minimum atomic E-state index is -0.609. The molecule has 2 aliphatic rings. The number of hydrogen-bond donors (Lipinski definition) is 1. The van der Waals surface area contributed by atoms with Crippen LogP contribution in [0, 0.1) is 0 Å². The Morgan fingerprint density at radius 1 is 1.11 bits per heavy atom. The number of halogens is 1. The van der Waals surface area contributed by atoms with Gasteiger partial charge in [-0.05, 0) is 60.9 Å². The molecule has 5 heteroatoms. The molecule has 2 aliphatic carbocycles. The topological polar surface area (TPSA) is 55.4 Å². The molecule has 27 heavy (non-hydrogen) atoms. The van der Waals surface area contributed by atoms with Crippen LogP contribution in [0.1, 0.15) is 48.4 Å². The van der Waals surface area contributed by atoms with Crippen LogP contribution in [0.2, 0.25) is 5.02 Å². The van der Waals surface area contributed by atoms with Gasteiger partial charge >= 0.3 is 5.97 Å². The van der Waals surface area contributed by atoms with Gasteiger partial charge in [0.25, 0.3) is 5.91 Å². The molecule has 1 atom stereocenters. The highest BCUT2D eigenvalue weighted by Crippen LogP contribution is 2.49. The largest absolute Gasteiger partial charge is 0.455 e. The summed E-state index contributed by atoms with van der Waals surface area (Å²) >= 11 is 5.92. The van der Waals surface area contributed by atoms with Crippen LogP contribution in [0.5, 0.6) is 0 Å². The summed E-state index contributed by atoms with van der Waals surface area (Å²) in [7, 11) is 0. The van der Waals surface area contributed by atoms with Gasteiger partial charge < -0.3 is 10.1 Å². The molecule has 0 heterocycles. The third-order valence-corrected chi connectivity index (χ3v) is 5.83. The first-order valence-corrected chi connectivity index (χ1v) is 9.77. The Hall–Kier alpha value is -2.33. The molecule has 2 aromatic carbocycles. The van der Waals surface area contributed by atoms with Gasteiger partial charge in [-0.1, -0.05) is 48.0 Å². The normalized spacial score (nSPS) is 19.7. The van der Waals surface area contributed by atoms with Crippen molar-refractivity contribution in [3.63, 3.8) is 0 Å². The molecular formula is C22H22ClNO3. The monoisotopic (exact) mass is 383 g/mol. The maximum absolute atomic E-state index is 12.6. The van der Waals surface area contributed by atoms with Crippen molar-refractivity contribution < 1.29 is 14.3 Å². The summed E-state index contributed by atoms with van der Waals surface area (Å²) in [6, 6.07) is 15.4. The number of nitrogens with one attached hydrogen (secondary N) is 1. The van der Waals surface area contributed by atoms with Crippen LogP contribution in [-0.2, 0) is 26.2 Å². The second kappa shape index (κ2) is 7.35. The van der Waals surface area contributed by atoms with E-state index in [-0.39, 0.29) is 24.5 Å². The van der Waals surface area contributed by atoms with E-state index in [1.165, 1.54) is 11.1 Å². The average Bonchev–Trinajstić information content (AvgIpc) is 3.49. The van der Waals surface area contributed by atoms with Gasteiger partial charge in [-0.15, -0.1) is 0 Å². The number of rotatable bonds is 5. The lowest BCUT2D eigenvalue weighted by Gasteiger charge is -2.26. The van der Waals surface area contributed by atoms with E-state index in [1.807, 2.05) is 24.3 Å². The van der Waals surface area contributed by atoms with Crippen LogP contribution in [0.4, 0.5) is 0 Å². The third-order valence-electron chi connectivity index (χ3n) is 5.58. The van der Waals surface area contributed by atoms with E-state index in [4.69, 9.17) is 16.3 Å². The molecule has 0 aliphatic heterocycles. The third kappa shape index (κ3) is 3.72. The molecule has 0 bridgehead atoms. The summed E-state index contributed by atoms with van der Waals surface area (Å²) in [5.74, 6) is -0.582. The number of amides is 1. The van der Waals surface area contributed by atoms with E-state index >= 15 is 0 Å². The van der Waals surface area contributed by atoms with Crippen LogP contribution in [0.25, 0.3) is 0 Å². The molecule has 0 spiro atoms. The lowest BCUT2D eigenvalue weighted by Crippen LogP contribution is -2.35. The molecule has 0 unspecified atom stereocenters. The van der Waals surface area contributed by atoms with E-state index in [0.717, 1.165) is 37.7 Å². The molecule has 0 aromatic heterocycles. The van der Waals surface area contributed by atoms with Crippen LogP contribution < -0.4 is 5.32 Å². The molecule has 1 saturated carbocycles. The van der Waals surface area contributed by atoms with Crippen LogP contribution in [0.3, 0.4) is 0 Å². The summed E-state index contributed by atoms with van der Waals surface area (Å²) in [5.41, 5.74) is 2.75. The van der Waals surface area contributed by atoms with Crippen molar-refractivity contribution >= 4 is 23.5 Å². The van der Waals surface area contributed by atoms with E-state index < -0.39 is 5.41 Å². The lowest BCUT2D eigenvalue weighted by molar-refractivity contribution is -0.151. The van der Waals surface area contributed by atoms with Crippen LogP contribution in [0.15, 0.2) is 48.5 Å². The van der Waals surface area contributed by atoms with Gasteiger partial charge in [-0.25, -0.2) is 0 Å². The average molecular weight is 384 g/mol. The predicted molar refractivity (Wildman–Crippen MR) is 104 cm³/mol. The zero-order chi connectivity index (χ0) is 18.9. The maximum atomic E-state index is 12.6. The number of carbonyl (C=O) groups is 2. The number of benzene rings is 2. The van der Waals surface area contributed by atoms with Gasteiger partial charge in [-0.3, -0.25) is 9.59 Å². The highest BCUT2D eigenvalue weighted by atomic mass is 35.5. The van der Waals surface area contributed by atoms with Gasteiger partial charge in [0, 0.05) is 5.02 Å². The number of aryl methyl sites for hydroxylation is 1. The molecule has 4 rings (SSSR count). The van der Waals surface area contributed by atoms with Crippen molar-refractivity contribution in [2.75, 3.05) is 6.61 Å². The molecule has 0 saturated heterocycles. The highest BCUT2D eigenvalue weighted by Gasteiger charge is 2.52. The fourth-order valence-corrected chi connectivity index (χ4v) is 4.04. The first-order chi connectivity index (χ1) is 13.1. The van der Waals surface area contributed by atoms with Gasteiger partial charge in [0.2, 0.25) is 0 Å². The Morgan fingerprint density at radius 3 is 2.59 bits per heavy atom. The molecule has 140 valence electrons. The minimum absolute atomic E-state index is 0.00713. The van der Waals surface area contributed by atoms with E-state index in [9.17, 15) is 9.59 Å². The highest BCUT2D eigenvalue weighted by molar-refractivity contribution is 6.30. The van der Waals surface area contributed by atoms with Crippen molar-refractivity contribution in [1.82, 2.24) is 5.32 Å². The van der Waals surface area contributed by atoms with Crippen LogP contribution >= 0.6 is 11.6 Å². The lowest BCUT2D eigenvalue weighted by atomic mass is 9.88. The van der Waals surface area contributed by atoms with E-state index in [0.29, 0.717) is 5.02 Å². The van der Waals surface area contributed by atoms with Crippen molar-refractivity contribution in [2.24, 2.45) is 0 Å². The molecule has 2 aromatic rings. The first kappa shape index (κ1) is 18.1. The Kier molecular flexibility index (Phi) is 4.92. The zero-order valence-electron chi connectivity index (χ0n) is 15.0. The predicted octanol–water partition coefficient (Wildman–Crippen LogP) is 4.11. The second-order valence-electron chi connectivity index (χ2n) is 7.38. The van der Waals surface area contributed by atoms with Crippen molar-refractivity contribution in [3.8, 4) is 0 Å². The van der Waals surface area contributed by atoms with Gasteiger partial charge in [-0.2, -0.15) is 0 Å². The Balaban J connectivity index is 1.35. The van der Waals surface area contributed by atoms with Crippen LogP contribution in [-0.4, -0.2) is 18.5 Å². The molecular weight excluding hydrogens is 362 g/mol. The SMILES string of the molecule is O=C(COC(=O)C1(c2ccc(Cl)cc2)CC1)N[C@H]1CCCc2ccccc21. The fraction of sp³-hybridized carbons (Fsp3) is 0.364. The van der Waals surface area contributed by atoms with Gasteiger partial charge in [0.1, 0.15) is 0 Å². The molecule has 0 radical (unpaired) electrons. The second-order valence-corrected chi connectivity index (χ2v) is 7.81. The van der Waals surface area contributed by atoms with Gasteiger partial charge in [0.05, 0.1) is 11.5 Å². The Labute approximate surface area is 163 Å². The van der Waals surface area contributed by atoms with Gasteiger partial charge in [0.15, 0.2) is 6.61 Å². The molecule has 1 amide bonds. The molecule has 1 N–H and O–H groups in total. The number of esters is 1. The maximum Gasteiger partial charge on any atom is 0.317 e. The summed E-state index contributed by atoms with van der Waals surface area (Å²) in [6.45, 7) is -0.243. The quantitative estimate of drug-likeness (QED) is 0.790.